The van der Waals surface area contributed by atoms with Crippen molar-refractivity contribution in [3.63, 3.8) is 0 Å². The Balaban J connectivity index is 0.000000176. The van der Waals surface area contributed by atoms with Crippen molar-refractivity contribution in [3.8, 4) is 11.5 Å². The fraction of sp³-hybridized carbons (Fsp3) is 0.344. The molecule has 0 radical (unpaired) electrons. The number of alkyl halides is 3. The number of carbonyl (C=O) groups is 4. The van der Waals surface area contributed by atoms with Crippen LogP contribution in [0.3, 0.4) is 0 Å². The number of hydrogen-bond acceptors (Lipinski definition) is 19. The number of rotatable bonds is 17. The van der Waals surface area contributed by atoms with Crippen molar-refractivity contribution in [3.05, 3.63) is 154 Å². The summed E-state index contributed by atoms with van der Waals surface area (Å²) in [7, 11) is 4.58. The largest absolute Gasteiger partial charge is 0.497 e. The van der Waals surface area contributed by atoms with Crippen molar-refractivity contribution in [1.29, 1.82) is 0 Å². The molecule has 3 aliphatic rings. The van der Waals surface area contributed by atoms with Gasteiger partial charge in [0.15, 0.2) is 5.03 Å². The van der Waals surface area contributed by atoms with Crippen molar-refractivity contribution < 1.29 is 61.9 Å². The fourth-order valence-electron chi connectivity index (χ4n) is 9.01. The van der Waals surface area contributed by atoms with E-state index in [4.69, 9.17) is 29.2 Å². The fourth-order valence-corrected chi connectivity index (χ4v) is 11.9. The summed E-state index contributed by atoms with van der Waals surface area (Å²) in [5, 5.41) is 56.5. The Bertz CT molecular complexity index is 3520. The van der Waals surface area contributed by atoms with E-state index in [1.54, 1.807) is 23.6 Å². The molecule has 3 saturated heterocycles. The molecule has 0 bridgehead atoms. The zero-order chi connectivity index (χ0) is 64.4. The normalized spacial score (nSPS) is 13.7. The van der Waals surface area contributed by atoms with E-state index in [1.165, 1.54) is 125 Å². The molecule has 0 unspecified atom stereocenters. The molecule has 6 heterocycles. The number of carbonyl (C=O) groups excluding carboxylic acids is 1. The highest BCUT2D eigenvalue weighted by Gasteiger charge is 2.38. The maximum absolute atomic E-state index is 12.1. The molecule has 5 N–H and O–H groups in total. The van der Waals surface area contributed by atoms with Crippen LogP contribution < -0.4 is 24.6 Å². The number of halogens is 4. The average molecular weight is 1360 g/mol. The second kappa shape index (κ2) is 35.3. The Kier molecular flexibility index (Phi) is 27.2. The lowest BCUT2D eigenvalue weighted by Crippen LogP contribution is -2.29. The SMILES string of the molecule is C1CCNCC1.COC(=O)c1nnn(Cc2ccc(OC)cc2)c1Sc1ccc(Br)cc1.COc1ccc(Cn2nnc(C(=O)O)c2Sc2ccc(N3CCCCC3)cc2)cc1.O=C(O)C(F)(F)F.O=C(O)c1n[nH]nc1Sc1ccc(N2CCCCC2)cc1. The van der Waals surface area contributed by atoms with Crippen LogP contribution in [-0.4, -0.2) is 151 Å². The number of ether oxygens (including phenoxy) is 3. The minimum atomic E-state index is -5.08. The lowest BCUT2D eigenvalue weighted by molar-refractivity contribution is -0.192. The van der Waals surface area contributed by atoms with E-state index >= 15 is 0 Å². The van der Waals surface area contributed by atoms with Gasteiger partial charge in [-0.15, -0.1) is 20.4 Å². The third kappa shape index (κ3) is 21.5. The number of aromatic nitrogens is 9. The van der Waals surface area contributed by atoms with Gasteiger partial charge in [0.2, 0.25) is 17.1 Å². The topological polar surface area (TPSA) is 278 Å². The van der Waals surface area contributed by atoms with Crippen molar-refractivity contribution >= 4 is 86.5 Å². The predicted molar refractivity (Wildman–Crippen MR) is 338 cm³/mol. The summed E-state index contributed by atoms with van der Waals surface area (Å²) in [4.78, 5) is 51.3. The number of hydrogen-bond donors (Lipinski definition) is 5. The maximum Gasteiger partial charge on any atom is 0.490 e. The van der Waals surface area contributed by atoms with Crippen LogP contribution in [0, 0.1) is 0 Å². The first kappa shape index (κ1) is 69.4. The Morgan fingerprint density at radius 2 is 0.933 bits per heavy atom. The molecular formula is C61H68BrF3N12O10S3. The first-order valence-corrected chi connectivity index (χ1v) is 31.8. The van der Waals surface area contributed by atoms with E-state index in [9.17, 15) is 32.7 Å². The van der Waals surface area contributed by atoms with Crippen LogP contribution >= 0.6 is 51.2 Å². The molecule has 29 heteroatoms. The maximum atomic E-state index is 12.1. The van der Waals surface area contributed by atoms with Crippen molar-refractivity contribution in [2.75, 3.05) is 70.4 Å². The molecule has 0 aliphatic carbocycles. The summed E-state index contributed by atoms with van der Waals surface area (Å²) in [5.74, 6) is -3.86. The number of carboxylic acid groups (broad SMARTS) is 3. The molecule has 3 fully saturated rings. The highest BCUT2D eigenvalue weighted by molar-refractivity contribution is 9.10. The molecular weight excluding hydrogens is 1290 g/mol. The Hall–Kier alpha value is -8.12. The van der Waals surface area contributed by atoms with Crippen molar-refractivity contribution in [1.82, 2.24) is 50.7 Å². The smallest absolute Gasteiger partial charge is 0.490 e. The standard InChI is InChI=1S/C22H24N4O3S.C18H16BrN3O3S.C14H16N4O2S.C5H11N.C2HF3O2/c1-29-18-9-5-16(6-10-18)15-26-21(20(22(27)28)23-24-26)30-19-11-7-17(8-12-19)25-13-3-2-4-14-25;1-24-14-7-3-12(4-8-14)11-22-17(16(20-21-22)18(23)25-2)26-15-9-5-13(19)6-10-15;19-14(20)12-13(16-17-15-12)21-11-6-4-10(5-7-11)18-8-2-1-3-9-18;1-2-4-6-5-3-1;3-2(4,5)1(6)7/h5-12H,2-4,13-15H2,1H3,(H,27,28);3-10H,11H2,1-2H3;4-7H,1-3,8-9H2,(H,19,20)(H,15,16,17);6H,1-5H2;(H,6,7). The average Bonchev–Trinajstić information content (AvgIpc) is 2.18. The summed E-state index contributed by atoms with van der Waals surface area (Å²) in [6.45, 7) is 7.81. The number of aromatic amines is 1. The number of methoxy groups -OCH3 is 3. The van der Waals surface area contributed by atoms with Gasteiger partial charge in [-0.05, 0) is 173 Å². The minimum Gasteiger partial charge on any atom is -0.497 e. The highest BCUT2D eigenvalue weighted by Crippen LogP contribution is 2.35. The van der Waals surface area contributed by atoms with Crippen LogP contribution in [0.5, 0.6) is 11.5 Å². The summed E-state index contributed by atoms with van der Waals surface area (Å²) >= 11 is 7.51. The summed E-state index contributed by atoms with van der Waals surface area (Å²) < 4.78 is 51.3. The highest BCUT2D eigenvalue weighted by atomic mass is 79.9. The molecule has 8 aromatic rings. The predicted octanol–water partition coefficient (Wildman–Crippen LogP) is 12.2. The van der Waals surface area contributed by atoms with Crippen molar-refractivity contribution in [2.45, 2.75) is 107 Å². The lowest BCUT2D eigenvalue weighted by atomic mass is 10.1. The van der Waals surface area contributed by atoms with Gasteiger partial charge >= 0.3 is 30.1 Å². The van der Waals surface area contributed by atoms with Crippen LogP contribution in [0.15, 0.2) is 156 Å². The molecule has 3 aromatic heterocycles. The second-order valence-electron chi connectivity index (χ2n) is 20.0. The lowest BCUT2D eigenvalue weighted by Gasteiger charge is -2.28. The summed E-state index contributed by atoms with van der Waals surface area (Å²) in [5.41, 5.74) is 4.56. The first-order valence-electron chi connectivity index (χ1n) is 28.5. The number of piperidine rings is 3. The van der Waals surface area contributed by atoms with Crippen molar-refractivity contribution in [2.24, 2.45) is 0 Å². The third-order valence-corrected chi connectivity index (χ3v) is 17.4. The van der Waals surface area contributed by atoms with Gasteiger partial charge in [0.25, 0.3) is 0 Å². The Labute approximate surface area is 538 Å². The van der Waals surface area contributed by atoms with Gasteiger partial charge in [-0.1, -0.05) is 92.3 Å². The van der Waals surface area contributed by atoms with Gasteiger partial charge in [0, 0.05) is 56.7 Å². The quantitative estimate of drug-likeness (QED) is 0.0530. The minimum absolute atomic E-state index is 0.0337. The molecule has 0 amide bonds. The van der Waals surface area contributed by atoms with E-state index in [2.05, 4.69) is 91.3 Å². The van der Waals surface area contributed by atoms with Gasteiger partial charge in [0.05, 0.1) is 34.4 Å². The van der Waals surface area contributed by atoms with Crippen LogP contribution in [0.25, 0.3) is 0 Å². The molecule has 0 spiro atoms. The van der Waals surface area contributed by atoms with Crippen LogP contribution in [-0.2, 0) is 22.6 Å². The molecule has 90 heavy (non-hydrogen) atoms. The summed E-state index contributed by atoms with van der Waals surface area (Å²) in [6, 6.07) is 39.5. The van der Waals surface area contributed by atoms with Crippen LogP contribution in [0.2, 0.25) is 0 Å². The van der Waals surface area contributed by atoms with Gasteiger partial charge in [0.1, 0.15) is 21.6 Å². The van der Waals surface area contributed by atoms with Crippen LogP contribution in [0.4, 0.5) is 24.5 Å². The molecule has 11 rings (SSSR count). The zero-order valence-electron chi connectivity index (χ0n) is 49.5. The molecule has 0 saturated carbocycles. The van der Waals surface area contributed by atoms with E-state index in [0.29, 0.717) is 28.2 Å². The summed E-state index contributed by atoms with van der Waals surface area (Å²) in [6.07, 6.45) is 6.70. The number of H-pyrrole nitrogens is 1. The van der Waals surface area contributed by atoms with E-state index in [-0.39, 0.29) is 17.1 Å². The number of benzene rings is 5. The molecule has 478 valence electrons. The van der Waals surface area contributed by atoms with Gasteiger partial charge in [-0.25, -0.2) is 28.5 Å². The Morgan fingerprint density at radius 1 is 0.533 bits per heavy atom. The zero-order valence-corrected chi connectivity index (χ0v) is 53.5. The number of carboxylic acids is 3. The molecule has 5 aromatic carbocycles. The first-order chi connectivity index (χ1) is 43.4. The molecule has 0 atom stereocenters. The third-order valence-electron chi connectivity index (χ3n) is 13.7. The monoisotopic (exact) mass is 1360 g/mol. The molecule has 3 aliphatic heterocycles. The van der Waals surface area contributed by atoms with Gasteiger partial charge < -0.3 is 44.6 Å². The number of nitrogens with one attached hydrogen (secondary N) is 2. The number of anilines is 2. The van der Waals surface area contributed by atoms with E-state index in [0.717, 1.165) is 68.0 Å². The number of nitrogens with zero attached hydrogens (tertiary/aromatic N) is 10. The second-order valence-corrected chi connectivity index (χ2v) is 24.1. The van der Waals surface area contributed by atoms with Crippen LogP contribution in [0.1, 0.15) is 100 Å². The van der Waals surface area contributed by atoms with E-state index < -0.39 is 30.1 Å². The number of aliphatic carboxylic acids is 1. The van der Waals surface area contributed by atoms with Gasteiger partial charge in [-0.2, -0.15) is 18.4 Å². The number of esters is 1. The van der Waals surface area contributed by atoms with Gasteiger partial charge in [-0.3, -0.25) is 0 Å². The molecule has 22 nitrogen and oxygen atoms in total. The number of aromatic carboxylic acids is 2. The van der Waals surface area contributed by atoms with E-state index in [1.807, 2.05) is 97.1 Å². The Morgan fingerprint density at radius 3 is 1.31 bits per heavy atom.